The number of aryl methyl sites for hydroxylation is 1. The minimum Gasteiger partial charge on any atom is -0.392 e. The van der Waals surface area contributed by atoms with Gasteiger partial charge in [-0.15, -0.1) is 0 Å². The molecule has 6 heteroatoms. The maximum Gasteiger partial charge on any atom is 0.261 e. The molecule has 0 aromatic heterocycles. The zero-order valence-electron chi connectivity index (χ0n) is 10.8. The van der Waals surface area contributed by atoms with E-state index in [1.165, 1.54) is 12.1 Å². The number of aliphatic hydroxyl groups is 1. The Morgan fingerprint density at radius 3 is 2.60 bits per heavy atom. The highest BCUT2D eigenvalue weighted by atomic mass is 79.9. The van der Waals surface area contributed by atoms with Crippen LogP contribution < -0.4 is 4.72 Å². The molecule has 2 N–H and O–H groups in total. The van der Waals surface area contributed by atoms with E-state index in [1.54, 1.807) is 24.3 Å². The summed E-state index contributed by atoms with van der Waals surface area (Å²) in [6, 6.07) is 11.5. The van der Waals surface area contributed by atoms with E-state index >= 15 is 0 Å². The second-order valence-electron chi connectivity index (χ2n) is 4.37. The van der Waals surface area contributed by atoms with Crippen LogP contribution in [0.2, 0.25) is 0 Å². The van der Waals surface area contributed by atoms with Gasteiger partial charge in [0.25, 0.3) is 10.0 Å². The van der Waals surface area contributed by atoms with Crippen LogP contribution >= 0.6 is 15.9 Å². The van der Waals surface area contributed by atoms with E-state index in [-0.39, 0.29) is 11.5 Å². The van der Waals surface area contributed by atoms with Crippen LogP contribution in [0.15, 0.2) is 51.8 Å². The summed E-state index contributed by atoms with van der Waals surface area (Å²) >= 11 is 3.33. The van der Waals surface area contributed by atoms with Gasteiger partial charge in [0.15, 0.2) is 0 Å². The third-order valence-corrected chi connectivity index (χ3v) is 4.68. The summed E-state index contributed by atoms with van der Waals surface area (Å²) < 4.78 is 28.0. The Morgan fingerprint density at radius 1 is 1.20 bits per heavy atom. The summed E-state index contributed by atoms with van der Waals surface area (Å²) in [5, 5.41) is 9.07. The van der Waals surface area contributed by atoms with Gasteiger partial charge in [0, 0.05) is 4.47 Å². The molecule has 0 aliphatic heterocycles. The fraction of sp³-hybridized carbons (Fsp3) is 0.143. The molecule has 0 aliphatic rings. The molecule has 2 rings (SSSR count). The van der Waals surface area contributed by atoms with Crippen LogP contribution in [0.4, 0.5) is 5.69 Å². The van der Waals surface area contributed by atoms with Crippen LogP contribution in [-0.2, 0) is 16.6 Å². The van der Waals surface area contributed by atoms with Crippen molar-refractivity contribution >= 4 is 31.6 Å². The molecule has 2 aromatic carbocycles. The van der Waals surface area contributed by atoms with Crippen molar-refractivity contribution in [1.82, 2.24) is 0 Å². The number of benzene rings is 2. The van der Waals surface area contributed by atoms with Crippen molar-refractivity contribution in [3.05, 3.63) is 58.1 Å². The lowest BCUT2D eigenvalue weighted by Gasteiger charge is -2.11. The number of rotatable bonds is 4. The van der Waals surface area contributed by atoms with Crippen molar-refractivity contribution in [1.29, 1.82) is 0 Å². The van der Waals surface area contributed by atoms with Crippen LogP contribution in [0.5, 0.6) is 0 Å². The van der Waals surface area contributed by atoms with Gasteiger partial charge < -0.3 is 5.11 Å². The molecule has 0 amide bonds. The molecule has 0 atom stereocenters. The van der Waals surface area contributed by atoms with Gasteiger partial charge >= 0.3 is 0 Å². The topological polar surface area (TPSA) is 66.4 Å². The molecule has 2 aromatic rings. The normalized spacial score (nSPS) is 11.3. The molecule has 0 radical (unpaired) electrons. The van der Waals surface area contributed by atoms with Crippen LogP contribution in [0.1, 0.15) is 11.1 Å². The SMILES string of the molecule is Cc1cc(Br)ccc1NS(=O)(=O)c1cccc(CO)c1. The van der Waals surface area contributed by atoms with E-state index in [0.717, 1.165) is 10.0 Å². The first-order chi connectivity index (χ1) is 9.42. The van der Waals surface area contributed by atoms with Crippen molar-refractivity contribution in [3.63, 3.8) is 0 Å². The summed E-state index contributed by atoms with van der Waals surface area (Å²) in [6.45, 7) is 1.63. The summed E-state index contributed by atoms with van der Waals surface area (Å²) in [6.07, 6.45) is 0. The molecule has 0 fully saturated rings. The highest BCUT2D eigenvalue weighted by Gasteiger charge is 2.15. The smallest absolute Gasteiger partial charge is 0.261 e. The highest BCUT2D eigenvalue weighted by molar-refractivity contribution is 9.10. The summed E-state index contributed by atoms with van der Waals surface area (Å²) in [4.78, 5) is 0.131. The Hall–Kier alpha value is -1.37. The van der Waals surface area contributed by atoms with Crippen LogP contribution in [0.3, 0.4) is 0 Å². The molecular formula is C14H14BrNO3S. The number of anilines is 1. The molecule has 0 bridgehead atoms. The Kier molecular flexibility index (Phi) is 4.47. The standard InChI is InChI=1S/C14H14BrNO3S/c1-10-7-12(15)5-6-14(10)16-20(18,19)13-4-2-3-11(8-13)9-17/h2-8,16-17H,9H2,1H3. The summed E-state index contributed by atoms with van der Waals surface area (Å²) in [5.74, 6) is 0. The largest absolute Gasteiger partial charge is 0.392 e. The minimum absolute atomic E-state index is 0.131. The summed E-state index contributed by atoms with van der Waals surface area (Å²) in [7, 11) is -3.66. The van der Waals surface area contributed by atoms with Crippen molar-refractivity contribution in [2.24, 2.45) is 0 Å². The monoisotopic (exact) mass is 355 g/mol. The average molecular weight is 356 g/mol. The van der Waals surface area contributed by atoms with E-state index in [1.807, 2.05) is 13.0 Å². The maximum absolute atomic E-state index is 12.3. The summed E-state index contributed by atoms with van der Waals surface area (Å²) in [5.41, 5.74) is 1.91. The lowest BCUT2D eigenvalue weighted by molar-refractivity contribution is 0.281. The molecule has 0 saturated heterocycles. The quantitative estimate of drug-likeness (QED) is 0.885. The molecular weight excluding hydrogens is 342 g/mol. The van der Waals surface area contributed by atoms with Crippen LogP contribution in [-0.4, -0.2) is 13.5 Å². The Balaban J connectivity index is 2.35. The van der Waals surface area contributed by atoms with Crippen molar-refractivity contribution in [2.75, 3.05) is 4.72 Å². The first-order valence-corrected chi connectivity index (χ1v) is 8.19. The molecule has 4 nitrogen and oxygen atoms in total. The van der Waals surface area contributed by atoms with E-state index in [2.05, 4.69) is 20.7 Å². The van der Waals surface area contributed by atoms with E-state index in [9.17, 15) is 8.42 Å². The van der Waals surface area contributed by atoms with Gasteiger partial charge in [-0.25, -0.2) is 8.42 Å². The number of aliphatic hydroxyl groups excluding tert-OH is 1. The fourth-order valence-electron chi connectivity index (χ4n) is 1.76. The predicted octanol–water partition coefficient (Wildman–Crippen LogP) is 3.05. The number of hydrogen-bond donors (Lipinski definition) is 2. The van der Waals surface area contributed by atoms with Gasteiger partial charge in [0.1, 0.15) is 0 Å². The van der Waals surface area contributed by atoms with Crippen molar-refractivity contribution in [2.45, 2.75) is 18.4 Å². The molecule has 0 unspecified atom stereocenters. The highest BCUT2D eigenvalue weighted by Crippen LogP contribution is 2.23. The first kappa shape index (κ1) is 15.0. The van der Waals surface area contributed by atoms with Gasteiger partial charge in [-0.05, 0) is 48.4 Å². The van der Waals surface area contributed by atoms with Crippen LogP contribution in [0.25, 0.3) is 0 Å². The van der Waals surface area contributed by atoms with Gasteiger partial charge in [0.05, 0.1) is 17.2 Å². The number of halogens is 1. The third-order valence-electron chi connectivity index (χ3n) is 2.82. The molecule has 0 spiro atoms. The number of sulfonamides is 1. The minimum atomic E-state index is -3.66. The number of hydrogen-bond acceptors (Lipinski definition) is 3. The van der Waals surface area contributed by atoms with Gasteiger partial charge in [-0.1, -0.05) is 28.1 Å². The zero-order valence-corrected chi connectivity index (χ0v) is 13.2. The van der Waals surface area contributed by atoms with Crippen LogP contribution in [0, 0.1) is 6.92 Å². The zero-order chi connectivity index (χ0) is 14.8. The van der Waals surface area contributed by atoms with E-state index in [4.69, 9.17) is 5.11 Å². The first-order valence-electron chi connectivity index (χ1n) is 5.91. The Labute approximate surface area is 126 Å². The van der Waals surface area contributed by atoms with E-state index < -0.39 is 10.0 Å². The second kappa shape index (κ2) is 5.95. The predicted molar refractivity (Wildman–Crippen MR) is 82.1 cm³/mol. The molecule has 0 aliphatic carbocycles. The lowest BCUT2D eigenvalue weighted by atomic mass is 10.2. The van der Waals surface area contributed by atoms with Crippen molar-refractivity contribution < 1.29 is 13.5 Å². The average Bonchev–Trinajstić information content (AvgIpc) is 2.42. The van der Waals surface area contributed by atoms with E-state index in [0.29, 0.717) is 11.3 Å². The molecule has 20 heavy (non-hydrogen) atoms. The van der Waals surface area contributed by atoms with Gasteiger partial charge in [0.2, 0.25) is 0 Å². The van der Waals surface area contributed by atoms with Gasteiger partial charge in [-0.3, -0.25) is 4.72 Å². The lowest BCUT2D eigenvalue weighted by Crippen LogP contribution is -2.14. The Bertz CT molecular complexity index is 729. The molecule has 0 heterocycles. The Morgan fingerprint density at radius 2 is 1.95 bits per heavy atom. The molecule has 106 valence electrons. The van der Waals surface area contributed by atoms with Crippen molar-refractivity contribution in [3.8, 4) is 0 Å². The molecule has 0 saturated carbocycles. The third kappa shape index (κ3) is 3.39. The maximum atomic E-state index is 12.3. The number of nitrogens with one attached hydrogen (secondary N) is 1. The van der Waals surface area contributed by atoms with Gasteiger partial charge in [-0.2, -0.15) is 0 Å². The fourth-order valence-corrected chi connectivity index (χ4v) is 3.43. The second-order valence-corrected chi connectivity index (χ2v) is 6.97.